The molecule has 1 aromatic carbocycles. The van der Waals surface area contributed by atoms with E-state index < -0.39 is 5.72 Å². The molecule has 0 unspecified atom stereocenters. The lowest BCUT2D eigenvalue weighted by Gasteiger charge is -2.35. The van der Waals surface area contributed by atoms with Crippen LogP contribution in [0, 0.1) is 0 Å². The predicted molar refractivity (Wildman–Crippen MR) is 52.7 cm³/mol. The molecule has 2 rings (SSSR count). The molecule has 1 heterocycles. The number of hydrogen-bond donors (Lipinski definition) is 3. The summed E-state index contributed by atoms with van der Waals surface area (Å²) >= 11 is 0. The number of hydrogen-bond acceptors (Lipinski definition) is 4. The van der Waals surface area contributed by atoms with Crippen molar-refractivity contribution in [1.82, 2.24) is 10.9 Å². The third kappa shape index (κ3) is 1.93. The second-order valence-corrected chi connectivity index (χ2v) is 3.54. The van der Waals surface area contributed by atoms with E-state index in [1.807, 2.05) is 0 Å². The van der Waals surface area contributed by atoms with Crippen molar-refractivity contribution >= 4 is 5.91 Å². The SMILES string of the molecule is C[C@@]1(c2ccc(O)cc2)NNC(=O)CO1. The zero-order chi connectivity index (χ0) is 10.9. The minimum Gasteiger partial charge on any atom is -0.508 e. The van der Waals surface area contributed by atoms with Crippen molar-refractivity contribution in [2.45, 2.75) is 12.6 Å². The summed E-state index contributed by atoms with van der Waals surface area (Å²) in [5.74, 6) is -0.00607. The zero-order valence-corrected chi connectivity index (χ0v) is 8.28. The first-order chi connectivity index (χ1) is 7.10. The van der Waals surface area contributed by atoms with Gasteiger partial charge in [-0.2, -0.15) is 5.43 Å². The smallest absolute Gasteiger partial charge is 0.260 e. The van der Waals surface area contributed by atoms with Crippen molar-refractivity contribution in [3.05, 3.63) is 29.8 Å². The maximum absolute atomic E-state index is 10.9. The van der Waals surface area contributed by atoms with Crippen LogP contribution in [0.4, 0.5) is 0 Å². The molecule has 3 N–H and O–H groups in total. The first kappa shape index (κ1) is 9.95. The molecule has 1 fully saturated rings. The number of nitrogens with one attached hydrogen (secondary N) is 2. The molecule has 1 amide bonds. The van der Waals surface area contributed by atoms with Gasteiger partial charge in [-0.05, 0) is 19.1 Å². The van der Waals surface area contributed by atoms with Gasteiger partial charge >= 0.3 is 0 Å². The summed E-state index contributed by atoms with van der Waals surface area (Å²) < 4.78 is 5.40. The predicted octanol–water partition coefficient (Wildman–Crippen LogP) is 0.216. The first-order valence-electron chi connectivity index (χ1n) is 4.60. The number of aromatic hydroxyl groups is 1. The zero-order valence-electron chi connectivity index (χ0n) is 8.28. The Labute approximate surface area is 87.0 Å². The fraction of sp³-hybridized carbons (Fsp3) is 0.300. The number of phenols is 1. The van der Waals surface area contributed by atoms with Gasteiger partial charge in [0.25, 0.3) is 5.91 Å². The molecule has 1 saturated heterocycles. The molecule has 80 valence electrons. The molecule has 1 atom stereocenters. The van der Waals surface area contributed by atoms with Crippen LogP contribution in [0.3, 0.4) is 0 Å². The van der Waals surface area contributed by atoms with Crippen LogP contribution in [0.2, 0.25) is 0 Å². The van der Waals surface area contributed by atoms with Gasteiger partial charge in [-0.3, -0.25) is 10.2 Å². The average Bonchev–Trinajstić information content (AvgIpc) is 2.24. The van der Waals surface area contributed by atoms with Crippen molar-refractivity contribution < 1.29 is 14.6 Å². The standard InChI is InChI=1S/C10H12N2O3/c1-10(12-11-9(14)6-15-10)7-2-4-8(13)5-3-7/h2-5,12-13H,6H2,1H3,(H,11,14)/t10-/m1/s1. The number of amides is 1. The van der Waals surface area contributed by atoms with E-state index in [2.05, 4.69) is 10.9 Å². The molecule has 1 aliphatic heterocycles. The van der Waals surface area contributed by atoms with Gasteiger partial charge < -0.3 is 9.84 Å². The summed E-state index contributed by atoms with van der Waals surface area (Å²) in [6, 6.07) is 6.61. The van der Waals surface area contributed by atoms with E-state index in [1.54, 1.807) is 31.2 Å². The summed E-state index contributed by atoms with van der Waals surface area (Å²) in [6.45, 7) is 1.82. The molecule has 0 aromatic heterocycles. The average molecular weight is 208 g/mol. The fourth-order valence-corrected chi connectivity index (χ4v) is 1.41. The molecule has 1 aliphatic rings. The summed E-state index contributed by atoms with van der Waals surface area (Å²) in [4.78, 5) is 10.9. The third-order valence-electron chi connectivity index (χ3n) is 2.35. The van der Waals surface area contributed by atoms with E-state index in [-0.39, 0.29) is 18.3 Å². The molecule has 0 spiro atoms. The van der Waals surface area contributed by atoms with Crippen molar-refractivity contribution in [3.8, 4) is 5.75 Å². The highest BCUT2D eigenvalue weighted by Gasteiger charge is 2.32. The molecule has 5 heteroatoms. The Morgan fingerprint density at radius 1 is 1.40 bits per heavy atom. The van der Waals surface area contributed by atoms with Gasteiger partial charge in [0.2, 0.25) is 0 Å². The topological polar surface area (TPSA) is 70.6 Å². The largest absolute Gasteiger partial charge is 0.508 e. The summed E-state index contributed by atoms with van der Waals surface area (Å²) in [6.07, 6.45) is 0. The van der Waals surface area contributed by atoms with Crippen molar-refractivity contribution in [1.29, 1.82) is 0 Å². The summed E-state index contributed by atoms with van der Waals surface area (Å²) in [5.41, 5.74) is 5.37. The van der Waals surface area contributed by atoms with Gasteiger partial charge in [0.1, 0.15) is 12.4 Å². The van der Waals surface area contributed by atoms with E-state index in [4.69, 9.17) is 9.84 Å². The maximum atomic E-state index is 10.9. The fourth-order valence-electron chi connectivity index (χ4n) is 1.41. The number of benzene rings is 1. The minimum atomic E-state index is -0.748. The molecule has 15 heavy (non-hydrogen) atoms. The normalized spacial score (nSPS) is 26.1. The Balaban J connectivity index is 2.22. The van der Waals surface area contributed by atoms with Crippen LogP contribution in [-0.2, 0) is 15.3 Å². The number of ether oxygens (including phenoxy) is 1. The van der Waals surface area contributed by atoms with E-state index in [0.717, 1.165) is 5.56 Å². The molecule has 5 nitrogen and oxygen atoms in total. The van der Waals surface area contributed by atoms with Gasteiger partial charge in [-0.1, -0.05) is 12.1 Å². The molecule has 0 bridgehead atoms. The molecule has 0 radical (unpaired) electrons. The lowest BCUT2D eigenvalue weighted by atomic mass is 10.0. The van der Waals surface area contributed by atoms with Gasteiger partial charge in [0, 0.05) is 5.56 Å². The van der Waals surface area contributed by atoms with Crippen LogP contribution in [0.25, 0.3) is 0 Å². The minimum absolute atomic E-state index is 0.0182. The Morgan fingerprint density at radius 2 is 2.07 bits per heavy atom. The summed E-state index contributed by atoms with van der Waals surface area (Å²) in [7, 11) is 0. The Hall–Kier alpha value is -1.59. The van der Waals surface area contributed by atoms with Gasteiger partial charge in [-0.25, -0.2) is 0 Å². The van der Waals surface area contributed by atoms with Crippen LogP contribution in [0.1, 0.15) is 12.5 Å². The lowest BCUT2D eigenvalue weighted by molar-refractivity contribution is -0.154. The van der Waals surface area contributed by atoms with Crippen LogP contribution in [0.5, 0.6) is 5.75 Å². The summed E-state index contributed by atoms with van der Waals surface area (Å²) in [5, 5.41) is 9.15. The van der Waals surface area contributed by atoms with E-state index in [9.17, 15) is 4.79 Å². The highest BCUT2D eigenvalue weighted by molar-refractivity contribution is 5.77. The molecular formula is C10H12N2O3. The first-order valence-corrected chi connectivity index (χ1v) is 4.60. The number of carbonyl (C=O) groups excluding carboxylic acids is 1. The van der Waals surface area contributed by atoms with E-state index in [1.165, 1.54) is 0 Å². The van der Waals surface area contributed by atoms with Crippen LogP contribution >= 0.6 is 0 Å². The molecular weight excluding hydrogens is 196 g/mol. The monoisotopic (exact) mass is 208 g/mol. The maximum Gasteiger partial charge on any atom is 0.260 e. The second kappa shape index (κ2) is 3.52. The number of carbonyl (C=O) groups is 1. The second-order valence-electron chi connectivity index (χ2n) is 3.54. The quantitative estimate of drug-likeness (QED) is 0.617. The molecule has 0 aliphatic carbocycles. The lowest BCUT2D eigenvalue weighted by Crippen LogP contribution is -2.58. The van der Waals surface area contributed by atoms with E-state index >= 15 is 0 Å². The van der Waals surface area contributed by atoms with Gasteiger partial charge in [0.05, 0.1) is 0 Å². The molecule has 1 aromatic rings. The van der Waals surface area contributed by atoms with Crippen molar-refractivity contribution in [3.63, 3.8) is 0 Å². The van der Waals surface area contributed by atoms with Crippen molar-refractivity contribution in [2.75, 3.05) is 6.61 Å². The Bertz CT molecular complexity index is 365. The Morgan fingerprint density at radius 3 is 2.60 bits per heavy atom. The Kier molecular flexibility index (Phi) is 2.34. The third-order valence-corrected chi connectivity index (χ3v) is 2.35. The van der Waals surface area contributed by atoms with Crippen molar-refractivity contribution in [2.24, 2.45) is 0 Å². The van der Waals surface area contributed by atoms with Gasteiger partial charge in [-0.15, -0.1) is 0 Å². The number of hydrazine groups is 1. The number of phenolic OH excluding ortho intramolecular Hbond substituents is 1. The van der Waals surface area contributed by atoms with Crippen LogP contribution < -0.4 is 10.9 Å². The molecule has 0 saturated carbocycles. The highest BCUT2D eigenvalue weighted by Crippen LogP contribution is 2.24. The van der Waals surface area contributed by atoms with E-state index in [0.29, 0.717) is 0 Å². The highest BCUT2D eigenvalue weighted by atomic mass is 16.5. The van der Waals surface area contributed by atoms with Crippen LogP contribution in [-0.4, -0.2) is 17.6 Å². The van der Waals surface area contributed by atoms with Crippen LogP contribution in [0.15, 0.2) is 24.3 Å². The number of rotatable bonds is 1. The van der Waals surface area contributed by atoms with Gasteiger partial charge in [0.15, 0.2) is 5.72 Å².